The summed E-state index contributed by atoms with van der Waals surface area (Å²) < 4.78 is 32.7. The van der Waals surface area contributed by atoms with Gasteiger partial charge in [0.2, 0.25) is 21.7 Å². The maximum Gasteiger partial charge on any atom is 0.243 e. The van der Waals surface area contributed by atoms with Crippen LogP contribution in [0, 0.1) is 6.92 Å². The molecule has 152 valence electrons. The Bertz CT molecular complexity index is 1100. The zero-order valence-corrected chi connectivity index (χ0v) is 18.0. The number of piperidine rings is 1. The fourth-order valence-corrected chi connectivity index (χ4v) is 5.45. The molecule has 0 spiro atoms. The van der Waals surface area contributed by atoms with E-state index in [1.807, 2.05) is 6.92 Å². The lowest BCUT2D eigenvalue weighted by Gasteiger charge is -2.29. The average molecular weight is 452 g/mol. The van der Waals surface area contributed by atoms with Crippen molar-refractivity contribution in [3.05, 3.63) is 64.0 Å². The molecule has 1 aliphatic rings. The molecule has 2 aromatic carbocycles. The number of benzene rings is 2. The number of sulfonamides is 1. The van der Waals surface area contributed by atoms with E-state index in [0.29, 0.717) is 58.2 Å². The van der Waals surface area contributed by atoms with E-state index in [2.05, 4.69) is 10.1 Å². The van der Waals surface area contributed by atoms with Gasteiger partial charge in [-0.2, -0.15) is 9.29 Å². The molecule has 0 N–H and O–H groups in total. The van der Waals surface area contributed by atoms with Gasteiger partial charge in [0.05, 0.1) is 20.5 Å². The van der Waals surface area contributed by atoms with E-state index < -0.39 is 10.0 Å². The molecule has 4 rings (SSSR count). The maximum absolute atomic E-state index is 12.9. The Kier molecular flexibility index (Phi) is 5.66. The minimum absolute atomic E-state index is 0.0121. The minimum atomic E-state index is -3.50. The lowest BCUT2D eigenvalue weighted by molar-refractivity contribution is 0.271. The first-order valence-corrected chi connectivity index (χ1v) is 11.4. The topological polar surface area (TPSA) is 76.3 Å². The molecule has 6 nitrogen and oxygen atoms in total. The monoisotopic (exact) mass is 451 g/mol. The number of aromatic nitrogens is 2. The molecule has 0 amide bonds. The van der Waals surface area contributed by atoms with Crippen molar-refractivity contribution in [3.8, 4) is 11.4 Å². The molecule has 1 saturated heterocycles. The fourth-order valence-electron chi connectivity index (χ4n) is 3.42. The molecule has 3 aromatic rings. The van der Waals surface area contributed by atoms with Gasteiger partial charge in [0.1, 0.15) is 0 Å². The Morgan fingerprint density at radius 3 is 2.28 bits per heavy atom. The van der Waals surface area contributed by atoms with Crippen LogP contribution >= 0.6 is 23.2 Å². The Balaban J connectivity index is 1.48. The van der Waals surface area contributed by atoms with Crippen molar-refractivity contribution < 1.29 is 12.9 Å². The van der Waals surface area contributed by atoms with Crippen LogP contribution in [0.1, 0.15) is 30.2 Å². The molecule has 0 unspecified atom stereocenters. The minimum Gasteiger partial charge on any atom is -0.339 e. The molecule has 9 heteroatoms. The first-order valence-electron chi connectivity index (χ1n) is 9.21. The quantitative estimate of drug-likeness (QED) is 0.562. The highest BCUT2D eigenvalue weighted by molar-refractivity contribution is 7.89. The summed E-state index contributed by atoms with van der Waals surface area (Å²) in [5, 5.41) is 4.92. The van der Waals surface area contributed by atoms with Gasteiger partial charge in [0, 0.05) is 19.0 Å². The predicted octanol–water partition coefficient (Wildman–Crippen LogP) is 4.92. The van der Waals surface area contributed by atoms with Crippen molar-refractivity contribution in [3.63, 3.8) is 0 Å². The number of nitrogens with zero attached hydrogens (tertiary/aromatic N) is 3. The summed E-state index contributed by atoms with van der Waals surface area (Å²) in [6.07, 6.45) is 1.20. The molecular weight excluding hydrogens is 433 g/mol. The van der Waals surface area contributed by atoms with E-state index in [-0.39, 0.29) is 5.92 Å². The Morgan fingerprint density at radius 2 is 1.66 bits per heavy atom. The van der Waals surface area contributed by atoms with Gasteiger partial charge in [-0.15, -0.1) is 0 Å². The van der Waals surface area contributed by atoms with Gasteiger partial charge in [-0.3, -0.25) is 0 Å². The molecule has 0 radical (unpaired) electrons. The first kappa shape index (κ1) is 20.3. The van der Waals surface area contributed by atoms with Gasteiger partial charge in [-0.1, -0.05) is 52.1 Å². The van der Waals surface area contributed by atoms with E-state index in [1.165, 1.54) is 4.31 Å². The van der Waals surface area contributed by atoms with Gasteiger partial charge < -0.3 is 4.52 Å². The van der Waals surface area contributed by atoms with Crippen LogP contribution in [0.4, 0.5) is 0 Å². The van der Waals surface area contributed by atoms with Crippen LogP contribution in [0.5, 0.6) is 0 Å². The highest BCUT2D eigenvalue weighted by Crippen LogP contribution is 2.35. The van der Waals surface area contributed by atoms with Crippen LogP contribution in [-0.4, -0.2) is 36.0 Å². The summed E-state index contributed by atoms with van der Waals surface area (Å²) in [6, 6.07) is 12.1. The van der Waals surface area contributed by atoms with Crippen molar-refractivity contribution in [2.24, 2.45) is 0 Å². The summed E-state index contributed by atoms with van der Waals surface area (Å²) in [4.78, 5) is 4.78. The second kappa shape index (κ2) is 8.07. The molecule has 1 aliphatic heterocycles. The second-order valence-corrected chi connectivity index (χ2v) is 9.80. The summed E-state index contributed by atoms with van der Waals surface area (Å²) in [7, 11) is -3.50. The van der Waals surface area contributed by atoms with Crippen LogP contribution < -0.4 is 0 Å². The predicted molar refractivity (Wildman–Crippen MR) is 112 cm³/mol. The number of halogens is 2. The SMILES string of the molecule is Cc1ccc(S(=O)(=O)N2CCC(c3nc(-c4c(Cl)cccc4Cl)no3)CC2)cc1. The summed E-state index contributed by atoms with van der Waals surface area (Å²) in [6.45, 7) is 2.72. The lowest BCUT2D eigenvalue weighted by atomic mass is 9.98. The average Bonchev–Trinajstić information content (AvgIpc) is 3.18. The Hall–Kier alpha value is -1.93. The van der Waals surface area contributed by atoms with Crippen LogP contribution in [0.25, 0.3) is 11.4 Å². The molecule has 1 aromatic heterocycles. The molecular formula is C20H19Cl2N3O3S. The smallest absolute Gasteiger partial charge is 0.243 e. The lowest BCUT2D eigenvalue weighted by Crippen LogP contribution is -2.37. The van der Waals surface area contributed by atoms with Crippen molar-refractivity contribution in [2.75, 3.05) is 13.1 Å². The van der Waals surface area contributed by atoms with E-state index in [0.717, 1.165) is 5.56 Å². The van der Waals surface area contributed by atoms with E-state index in [1.54, 1.807) is 42.5 Å². The zero-order chi connectivity index (χ0) is 20.6. The van der Waals surface area contributed by atoms with Crippen molar-refractivity contribution in [2.45, 2.75) is 30.6 Å². The van der Waals surface area contributed by atoms with Crippen LogP contribution in [-0.2, 0) is 10.0 Å². The van der Waals surface area contributed by atoms with Crippen molar-refractivity contribution in [1.82, 2.24) is 14.4 Å². The fraction of sp³-hybridized carbons (Fsp3) is 0.300. The number of aryl methyl sites for hydroxylation is 1. The standard InChI is InChI=1S/C20H19Cl2N3O3S/c1-13-5-7-15(8-6-13)29(26,27)25-11-9-14(10-12-25)20-23-19(24-28-20)18-16(21)3-2-4-17(18)22/h2-8,14H,9-12H2,1H3. The molecule has 0 saturated carbocycles. The van der Waals surface area contributed by atoms with E-state index in [9.17, 15) is 8.42 Å². The van der Waals surface area contributed by atoms with Crippen molar-refractivity contribution in [1.29, 1.82) is 0 Å². The third-order valence-corrected chi connectivity index (χ3v) is 7.63. The molecule has 0 bridgehead atoms. The second-order valence-electron chi connectivity index (χ2n) is 7.04. The van der Waals surface area contributed by atoms with Gasteiger partial charge in [-0.25, -0.2) is 8.42 Å². The Morgan fingerprint density at radius 1 is 1.03 bits per heavy atom. The Labute approximate surface area is 179 Å². The highest BCUT2D eigenvalue weighted by atomic mass is 35.5. The third kappa shape index (κ3) is 4.05. The molecule has 0 atom stereocenters. The molecule has 29 heavy (non-hydrogen) atoms. The zero-order valence-electron chi connectivity index (χ0n) is 15.7. The number of hydrogen-bond acceptors (Lipinski definition) is 5. The van der Waals surface area contributed by atoms with E-state index in [4.69, 9.17) is 27.7 Å². The van der Waals surface area contributed by atoms with Gasteiger partial charge in [-0.05, 0) is 44.0 Å². The number of rotatable bonds is 4. The van der Waals surface area contributed by atoms with Crippen LogP contribution in [0.2, 0.25) is 10.0 Å². The maximum atomic E-state index is 12.9. The summed E-state index contributed by atoms with van der Waals surface area (Å²) in [5.74, 6) is 0.802. The van der Waals surface area contributed by atoms with E-state index >= 15 is 0 Å². The van der Waals surface area contributed by atoms with Crippen LogP contribution in [0.3, 0.4) is 0 Å². The summed E-state index contributed by atoms with van der Waals surface area (Å²) >= 11 is 12.4. The number of hydrogen-bond donors (Lipinski definition) is 0. The first-order chi connectivity index (χ1) is 13.9. The van der Waals surface area contributed by atoms with Crippen molar-refractivity contribution >= 4 is 33.2 Å². The molecule has 1 fully saturated rings. The largest absolute Gasteiger partial charge is 0.339 e. The molecule has 2 heterocycles. The van der Waals surface area contributed by atoms with Gasteiger partial charge >= 0.3 is 0 Å². The van der Waals surface area contributed by atoms with Gasteiger partial charge in [0.25, 0.3) is 0 Å². The normalized spacial score (nSPS) is 16.2. The van der Waals surface area contributed by atoms with Gasteiger partial charge in [0.15, 0.2) is 0 Å². The third-order valence-electron chi connectivity index (χ3n) is 5.09. The molecule has 0 aliphatic carbocycles. The highest BCUT2D eigenvalue weighted by Gasteiger charge is 2.32. The summed E-state index contributed by atoms with van der Waals surface area (Å²) in [5.41, 5.74) is 1.55. The van der Waals surface area contributed by atoms with Crippen LogP contribution in [0.15, 0.2) is 51.9 Å².